The minimum absolute atomic E-state index is 0.0818. The van der Waals surface area contributed by atoms with Gasteiger partial charge in [-0.05, 0) is 0 Å². The zero-order chi connectivity index (χ0) is 8.97. The summed E-state index contributed by atoms with van der Waals surface area (Å²) in [4.78, 5) is 0. The number of methoxy groups -OCH3 is 1. The lowest BCUT2D eigenvalue weighted by atomic mass is 10.3. The number of rotatable bonds is 1. The molecule has 0 aromatic rings. The molecule has 0 spiro atoms. The molecule has 0 bridgehead atoms. The van der Waals surface area contributed by atoms with Crippen molar-refractivity contribution in [2.45, 2.75) is 6.23 Å². The smallest absolute Gasteiger partial charge is 0.159 e. The second kappa shape index (κ2) is 4.01. The van der Waals surface area contributed by atoms with Crippen LogP contribution in [0.1, 0.15) is 0 Å². The summed E-state index contributed by atoms with van der Waals surface area (Å²) in [6, 6.07) is 3.64. The number of nitrogens with zero attached hydrogens (tertiary/aromatic N) is 2. The second-order valence-corrected chi connectivity index (χ2v) is 3.14. The lowest BCUT2D eigenvalue weighted by Crippen LogP contribution is -2.24. The molecule has 0 amide bonds. The Hall–Kier alpha value is -1.17. The van der Waals surface area contributed by atoms with E-state index in [1.54, 1.807) is 7.11 Å². The van der Waals surface area contributed by atoms with E-state index in [-0.39, 0.29) is 11.8 Å². The zero-order valence-corrected chi connectivity index (χ0v) is 7.31. The van der Waals surface area contributed by atoms with E-state index in [0.29, 0.717) is 5.03 Å². The Bertz CT molecular complexity index is 270. The topological polar surface area (TPSA) is 68.8 Å². The maximum absolute atomic E-state index is 8.52. The summed E-state index contributed by atoms with van der Waals surface area (Å²) in [6.07, 6.45) is -0.0818. The van der Waals surface area contributed by atoms with Crippen molar-refractivity contribution in [3.8, 4) is 12.1 Å². The van der Waals surface area contributed by atoms with Crippen molar-refractivity contribution in [2.24, 2.45) is 0 Å². The van der Waals surface area contributed by atoms with Crippen LogP contribution in [-0.4, -0.2) is 19.1 Å². The van der Waals surface area contributed by atoms with Crippen LogP contribution in [-0.2, 0) is 4.74 Å². The van der Waals surface area contributed by atoms with Gasteiger partial charge in [0, 0.05) is 12.9 Å². The van der Waals surface area contributed by atoms with Crippen molar-refractivity contribution >= 4 is 11.8 Å². The van der Waals surface area contributed by atoms with E-state index in [2.05, 4.69) is 5.32 Å². The van der Waals surface area contributed by atoms with E-state index in [0.717, 1.165) is 5.75 Å². The van der Waals surface area contributed by atoms with E-state index < -0.39 is 0 Å². The predicted molar refractivity (Wildman–Crippen MR) is 44.6 cm³/mol. The van der Waals surface area contributed by atoms with Gasteiger partial charge in [-0.1, -0.05) is 0 Å². The Morgan fingerprint density at radius 3 is 2.75 bits per heavy atom. The molecule has 1 aliphatic rings. The summed E-state index contributed by atoms with van der Waals surface area (Å²) in [5, 5.41) is 20.6. The molecule has 1 rings (SSSR count). The SMILES string of the molecule is COC1CSC(=C(C#N)C#N)N1. The minimum atomic E-state index is -0.0818. The summed E-state index contributed by atoms with van der Waals surface area (Å²) < 4.78 is 5.00. The van der Waals surface area contributed by atoms with Gasteiger partial charge in [0.15, 0.2) is 5.57 Å². The summed E-state index contributed by atoms with van der Waals surface area (Å²) >= 11 is 1.43. The molecule has 0 radical (unpaired) electrons. The van der Waals surface area contributed by atoms with E-state index in [9.17, 15) is 0 Å². The van der Waals surface area contributed by atoms with Crippen LogP contribution in [0.15, 0.2) is 10.6 Å². The molecule has 62 valence electrons. The van der Waals surface area contributed by atoms with Gasteiger partial charge in [-0.15, -0.1) is 11.8 Å². The van der Waals surface area contributed by atoms with Crippen molar-refractivity contribution in [3.05, 3.63) is 10.6 Å². The van der Waals surface area contributed by atoms with Gasteiger partial charge in [-0.2, -0.15) is 10.5 Å². The van der Waals surface area contributed by atoms with Gasteiger partial charge in [-0.3, -0.25) is 0 Å². The molecule has 5 heteroatoms. The highest BCUT2D eigenvalue weighted by Gasteiger charge is 2.21. The average Bonchev–Trinajstić information content (AvgIpc) is 2.55. The molecule has 0 aromatic carbocycles. The first-order valence-electron chi connectivity index (χ1n) is 3.28. The highest BCUT2D eigenvalue weighted by atomic mass is 32.2. The monoisotopic (exact) mass is 181 g/mol. The van der Waals surface area contributed by atoms with Crippen LogP contribution in [0.5, 0.6) is 0 Å². The Morgan fingerprint density at radius 2 is 2.33 bits per heavy atom. The Labute approximate surface area is 74.8 Å². The average molecular weight is 181 g/mol. The van der Waals surface area contributed by atoms with Crippen molar-refractivity contribution in [3.63, 3.8) is 0 Å². The molecule has 0 aromatic heterocycles. The van der Waals surface area contributed by atoms with Crippen LogP contribution in [0.2, 0.25) is 0 Å². The molecule has 1 fully saturated rings. The first kappa shape index (κ1) is 8.92. The third-order valence-corrected chi connectivity index (χ3v) is 2.49. The summed E-state index contributed by atoms with van der Waals surface area (Å²) in [6.45, 7) is 0. The van der Waals surface area contributed by atoms with Gasteiger partial charge >= 0.3 is 0 Å². The fraction of sp³-hybridized carbons (Fsp3) is 0.429. The van der Waals surface area contributed by atoms with Crippen LogP contribution in [0, 0.1) is 22.7 Å². The van der Waals surface area contributed by atoms with Crippen LogP contribution in [0.25, 0.3) is 0 Å². The molecule has 1 saturated heterocycles. The van der Waals surface area contributed by atoms with E-state index in [1.807, 2.05) is 12.1 Å². The van der Waals surface area contributed by atoms with Crippen molar-refractivity contribution in [1.29, 1.82) is 10.5 Å². The normalized spacial score (nSPS) is 20.9. The van der Waals surface area contributed by atoms with Crippen molar-refractivity contribution in [1.82, 2.24) is 5.32 Å². The summed E-state index contributed by atoms with van der Waals surface area (Å²) in [5.41, 5.74) is 0.125. The van der Waals surface area contributed by atoms with Crippen LogP contribution in [0.3, 0.4) is 0 Å². The maximum Gasteiger partial charge on any atom is 0.159 e. The summed E-state index contributed by atoms with van der Waals surface area (Å²) in [7, 11) is 1.58. The first-order valence-corrected chi connectivity index (χ1v) is 4.27. The molecule has 1 heterocycles. The number of nitrogens with one attached hydrogen (secondary N) is 1. The predicted octanol–water partition coefficient (Wildman–Crippen LogP) is 0.554. The zero-order valence-electron chi connectivity index (χ0n) is 6.50. The lowest BCUT2D eigenvalue weighted by Gasteiger charge is -2.05. The van der Waals surface area contributed by atoms with Gasteiger partial charge in [0.05, 0.1) is 5.03 Å². The fourth-order valence-electron chi connectivity index (χ4n) is 0.786. The van der Waals surface area contributed by atoms with Gasteiger partial charge < -0.3 is 10.1 Å². The number of allylic oxidation sites excluding steroid dienone is 1. The molecule has 1 N–H and O–H groups in total. The Morgan fingerprint density at radius 1 is 1.67 bits per heavy atom. The van der Waals surface area contributed by atoms with Crippen LogP contribution >= 0.6 is 11.8 Å². The lowest BCUT2D eigenvalue weighted by molar-refractivity contribution is 0.109. The number of nitriles is 2. The molecule has 1 unspecified atom stereocenters. The van der Waals surface area contributed by atoms with Crippen molar-refractivity contribution in [2.75, 3.05) is 12.9 Å². The molecule has 12 heavy (non-hydrogen) atoms. The minimum Gasteiger partial charge on any atom is -0.361 e. The number of thioether (sulfide) groups is 1. The van der Waals surface area contributed by atoms with Crippen molar-refractivity contribution < 1.29 is 4.74 Å². The highest BCUT2D eigenvalue weighted by molar-refractivity contribution is 8.03. The molecule has 1 aliphatic heterocycles. The van der Waals surface area contributed by atoms with Gasteiger partial charge in [0.1, 0.15) is 18.4 Å². The number of ether oxygens (including phenoxy) is 1. The standard InChI is InChI=1S/C7H7N3OS/c1-11-6-4-12-7(10-6)5(2-8)3-9/h6,10H,4H2,1H3. The quantitative estimate of drug-likeness (QED) is 0.598. The number of hydrogen-bond acceptors (Lipinski definition) is 5. The molecule has 1 atom stereocenters. The largest absolute Gasteiger partial charge is 0.361 e. The van der Waals surface area contributed by atoms with Crippen LogP contribution < -0.4 is 5.32 Å². The molecule has 0 saturated carbocycles. The molecular formula is C7H7N3OS. The summed E-state index contributed by atoms with van der Waals surface area (Å²) in [5.74, 6) is 0.735. The fourth-order valence-corrected chi connectivity index (χ4v) is 1.77. The van der Waals surface area contributed by atoms with Gasteiger partial charge in [0.25, 0.3) is 0 Å². The third kappa shape index (κ3) is 1.70. The maximum atomic E-state index is 8.52. The Kier molecular flexibility index (Phi) is 2.98. The van der Waals surface area contributed by atoms with Gasteiger partial charge in [-0.25, -0.2) is 0 Å². The highest BCUT2D eigenvalue weighted by Crippen LogP contribution is 2.25. The number of hydrogen-bond donors (Lipinski definition) is 1. The Balaban J connectivity index is 2.75. The third-order valence-electron chi connectivity index (χ3n) is 1.41. The van der Waals surface area contributed by atoms with Gasteiger partial charge in [0.2, 0.25) is 0 Å². The first-order chi connectivity index (χ1) is 5.81. The van der Waals surface area contributed by atoms with E-state index in [1.165, 1.54) is 11.8 Å². The van der Waals surface area contributed by atoms with E-state index >= 15 is 0 Å². The second-order valence-electron chi connectivity index (χ2n) is 2.11. The molecule has 0 aliphatic carbocycles. The van der Waals surface area contributed by atoms with E-state index in [4.69, 9.17) is 15.3 Å². The molecular weight excluding hydrogens is 174 g/mol. The molecule has 4 nitrogen and oxygen atoms in total. The van der Waals surface area contributed by atoms with Crippen LogP contribution in [0.4, 0.5) is 0 Å².